The summed E-state index contributed by atoms with van der Waals surface area (Å²) in [4.78, 5) is 8.48. The molecule has 0 radical (unpaired) electrons. The molecule has 6 nitrogen and oxygen atoms in total. The highest BCUT2D eigenvalue weighted by Crippen LogP contribution is 2.07. The van der Waals surface area contributed by atoms with Crippen molar-refractivity contribution in [2.24, 2.45) is 4.99 Å². The van der Waals surface area contributed by atoms with Crippen molar-refractivity contribution in [3.63, 3.8) is 0 Å². The Hall–Kier alpha value is -1.77. The Balaban J connectivity index is 0.00000288. The quantitative estimate of drug-likeness (QED) is 0.372. The van der Waals surface area contributed by atoms with E-state index in [1.54, 1.807) is 13.3 Å². The van der Waals surface area contributed by atoms with Gasteiger partial charge >= 0.3 is 0 Å². The molecule has 7 heteroatoms. The molecule has 24 heavy (non-hydrogen) atoms. The van der Waals surface area contributed by atoms with E-state index in [0.29, 0.717) is 19.0 Å². The lowest BCUT2D eigenvalue weighted by Crippen LogP contribution is -2.37. The van der Waals surface area contributed by atoms with Crippen LogP contribution in [-0.2, 0) is 13.0 Å². The number of nitrogens with zero attached hydrogens (tertiary/aromatic N) is 2. The third kappa shape index (κ3) is 7.20. The first-order valence-corrected chi connectivity index (χ1v) is 7.86. The summed E-state index contributed by atoms with van der Waals surface area (Å²) in [6, 6.07) is 7.75. The van der Waals surface area contributed by atoms with E-state index >= 15 is 0 Å². The van der Waals surface area contributed by atoms with E-state index in [2.05, 4.69) is 27.5 Å². The summed E-state index contributed by atoms with van der Waals surface area (Å²) in [5.74, 6) is 2.37. The van der Waals surface area contributed by atoms with Crippen LogP contribution in [0.15, 0.2) is 46.1 Å². The van der Waals surface area contributed by atoms with E-state index in [-0.39, 0.29) is 24.0 Å². The Bertz CT molecular complexity index is 585. The van der Waals surface area contributed by atoms with Crippen LogP contribution in [0.4, 0.5) is 0 Å². The van der Waals surface area contributed by atoms with Gasteiger partial charge in [-0.05, 0) is 24.1 Å². The zero-order chi connectivity index (χ0) is 16.3. The van der Waals surface area contributed by atoms with Crippen LogP contribution in [0.25, 0.3) is 0 Å². The van der Waals surface area contributed by atoms with Crippen molar-refractivity contribution in [3.05, 3.63) is 48.0 Å². The Morgan fingerprint density at radius 2 is 2.17 bits per heavy atom. The normalized spacial score (nSPS) is 10.8. The molecule has 0 fully saturated rings. The van der Waals surface area contributed by atoms with Crippen molar-refractivity contribution in [2.45, 2.75) is 26.3 Å². The van der Waals surface area contributed by atoms with Crippen LogP contribution in [0.2, 0.25) is 0 Å². The first-order valence-electron chi connectivity index (χ1n) is 7.86. The van der Waals surface area contributed by atoms with Crippen molar-refractivity contribution in [1.29, 1.82) is 0 Å². The van der Waals surface area contributed by atoms with Crippen LogP contribution in [0.1, 0.15) is 24.7 Å². The smallest absolute Gasteiger partial charge is 0.213 e. The van der Waals surface area contributed by atoms with Gasteiger partial charge in [-0.15, -0.1) is 24.0 Å². The molecule has 0 aromatic carbocycles. The molecule has 0 aliphatic carbocycles. The summed E-state index contributed by atoms with van der Waals surface area (Å²) in [5.41, 5.74) is 1.07. The van der Waals surface area contributed by atoms with Crippen LogP contribution in [0, 0.1) is 0 Å². The Labute approximate surface area is 160 Å². The van der Waals surface area contributed by atoms with E-state index in [1.165, 1.54) is 0 Å². The van der Waals surface area contributed by atoms with Crippen molar-refractivity contribution in [2.75, 3.05) is 20.2 Å². The third-order valence-electron chi connectivity index (χ3n) is 3.18. The predicted octanol–water partition coefficient (Wildman–Crippen LogP) is 2.99. The second-order valence-electron chi connectivity index (χ2n) is 5.04. The molecule has 0 spiro atoms. The predicted molar refractivity (Wildman–Crippen MR) is 106 cm³/mol. The molecule has 0 amide bonds. The van der Waals surface area contributed by atoms with Crippen LogP contribution >= 0.6 is 24.0 Å². The number of hydrogen-bond acceptors (Lipinski definition) is 4. The first kappa shape index (κ1) is 20.3. The van der Waals surface area contributed by atoms with Crippen molar-refractivity contribution in [1.82, 2.24) is 15.6 Å². The molecule has 132 valence electrons. The second-order valence-corrected chi connectivity index (χ2v) is 5.04. The third-order valence-corrected chi connectivity index (χ3v) is 3.18. The standard InChI is InChI=1S/C17H24N4O2.HI/c1-3-10-23-16-7-6-14(12-20-16)13-21-17(18-2)19-9-8-15-5-4-11-22-15;/h4-7,11-12H,3,8-10,13H2,1-2H3,(H2,18,19,21);1H. The summed E-state index contributed by atoms with van der Waals surface area (Å²) in [6.07, 6.45) is 5.29. The number of furan rings is 1. The highest BCUT2D eigenvalue weighted by atomic mass is 127. The van der Waals surface area contributed by atoms with E-state index in [0.717, 1.165) is 36.7 Å². The average molecular weight is 444 g/mol. The van der Waals surface area contributed by atoms with Crippen molar-refractivity contribution < 1.29 is 9.15 Å². The van der Waals surface area contributed by atoms with Crippen molar-refractivity contribution >= 4 is 29.9 Å². The van der Waals surface area contributed by atoms with Crippen LogP contribution < -0.4 is 15.4 Å². The number of aliphatic imine (C=N–C) groups is 1. The average Bonchev–Trinajstić information content (AvgIpc) is 3.10. The molecule has 2 rings (SSSR count). The highest BCUT2D eigenvalue weighted by molar-refractivity contribution is 14.0. The Kier molecular flexibility index (Phi) is 9.90. The van der Waals surface area contributed by atoms with E-state index < -0.39 is 0 Å². The highest BCUT2D eigenvalue weighted by Gasteiger charge is 2.01. The van der Waals surface area contributed by atoms with Gasteiger partial charge < -0.3 is 19.8 Å². The van der Waals surface area contributed by atoms with Gasteiger partial charge in [-0.2, -0.15) is 0 Å². The second kappa shape index (κ2) is 11.7. The molecule has 0 saturated carbocycles. The molecule has 2 heterocycles. The minimum Gasteiger partial charge on any atom is -0.478 e. The van der Waals surface area contributed by atoms with Gasteiger partial charge in [0.2, 0.25) is 5.88 Å². The van der Waals surface area contributed by atoms with Crippen LogP contribution in [0.5, 0.6) is 5.88 Å². The molecule has 0 aliphatic heterocycles. The summed E-state index contributed by atoms with van der Waals surface area (Å²) in [5, 5.41) is 6.51. The number of pyridine rings is 1. The summed E-state index contributed by atoms with van der Waals surface area (Å²) < 4.78 is 10.8. The van der Waals surface area contributed by atoms with Gasteiger partial charge in [0.05, 0.1) is 12.9 Å². The monoisotopic (exact) mass is 444 g/mol. The fraction of sp³-hybridized carbons (Fsp3) is 0.412. The lowest BCUT2D eigenvalue weighted by atomic mass is 10.3. The molecule has 0 aliphatic rings. The van der Waals surface area contributed by atoms with Crippen molar-refractivity contribution in [3.8, 4) is 5.88 Å². The maximum atomic E-state index is 5.47. The lowest BCUT2D eigenvalue weighted by Gasteiger charge is -2.11. The van der Waals surface area contributed by atoms with E-state index in [1.807, 2.05) is 30.5 Å². The molecular weight excluding hydrogens is 419 g/mol. The number of nitrogens with one attached hydrogen (secondary N) is 2. The molecular formula is C17H25IN4O2. The summed E-state index contributed by atoms with van der Waals surface area (Å²) >= 11 is 0. The van der Waals surface area contributed by atoms with E-state index in [9.17, 15) is 0 Å². The number of guanidine groups is 1. The summed E-state index contributed by atoms with van der Waals surface area (Å²) in [6.45, 7) is 4.18. The SMILES string of the molecule is CCCOc1ccc(CNC(=NC)NCCc2ccco2)cn1.I. The molecule has 0 atom stereocenters. The number of ether oxygens (including phenoxy) is 1. The van der Waals surface area contributed by atoms with Gasteiger partial charge in [-0.3, -0.25) is 4.99 Å². The first-order chi connectivity index (χ1) is 11.3. The Morgan fingerprint density at radius 3 is 2.79 bits per heavy atom. The number of aromatic nitrogens is 1. The van der Waals surface area contributed by atoms with Gasteiger partial charge in [0.1, 0.15) is 5.76 Å². The molecule has 0 unspecified atom stereocenters. The van der Waals surface area contributed by atoms with E-state index in [4.69, 9.17) is 9.15 Å². The number of halogens is 1. The Morgan fingerprint density at radius 1 is 1.29 bits per heavy atom. The van der Waals surface area contributed by atoms with Gasteiger partial charge in [-0.25, -0.2) is 4.98 Å². The van der Waals surface area contributed by atoms with Gasteiger partial charge in [0, 0.05) is 38.8 Å². The maximum absolute atomic E-state index is 5.47. The van der Waals surface area contributed by atoms with Gasteiger partial charge in [0.15, 0.2) is 5.96 Å². The lowest BCUT2D eigenvalue weighted by molar-refractivity contribution is 0.305. The van der Waals surface area contributed by atoms with Crippen LogP contribution in [0.3, 0.4) is 0 Å². The number of hydrogen-bond donors (Lipinski definition) is 2. The maximum Gasteiger partial charge on any atom is 0.213 e. The summed E-state index contributed by atoms with van der Waals surface area (Å²) in [7, 11) is 1.75. The molecule has 2 aromatic heterocycles. The van der Waals surface area contributed by atoms with Crippen LogP contribution in [-0.4, -0.2) is 31.1 Å². The number of rotatable bonds is 8. The molecule has 2 aromatic rings. The zero-order valence-corrected chi connectivity index (χ0v) is 16.4. The molecule has 0 saturated heterocycles. The van der Waals surface area contributed by atoms with Gasteiger partial charge in [-0.1, -0.05) is 13.0 Å². The minimum atomic E-state index is 0. The fourth-order valence-corrected chi connectivity index (χ4v) is 1.97. The largest absolute Gasteiger partial charge is 0.478 e. The topological polar surface area (TPSA) is 71.7 Å². The minimum absolute atomic E-state index is 0. The zero-order valence-electron chi connectivity index (χ0n) is 14.1. The molecule has 2 N–H and O–H groups in total. The fourth-order valence-electron chi connectivity index (χ4n) is 1.97. The van der Waals surface area contributed by atoms with Gasteiger partial charge in [0.25, 0.3) is 0 Å². The molecule has 0 bridgehead atoms.